The first-order valence-corrected chi connectivity index (χ1v) is 13.0. The maximum Gasteiger partial charge on any atom is 0.227 e. The van der Waals surface area contributed by atoms with Gasteiger partial charge < -0.3 is 5.32 Å². The van der Waals surface area contributed by atoms with E-state index in [1.165, 1.54) is 18.4 Å². The largest absolute Gasteiger partial charge is 0.324 e. The number of nitrogens with zero attached hydrogens (tertiary/aromatic N) is 2. The van der Waals surface area contributed by atoms with Gasteiger partial charge in [0.1, 0.15) is 0 Å². The number of hydrogen-bond donors (Lipinski definition) is 1. The van der Waals surface area contributed by atoms with Crippen molar-refractivity contribution in [1.29, 1.82) is 0 Å². The summed E-state index contributed by atoms with van der Waals surface area (Å²) in [5.41, 5.74) is 2.89. The molecule has 1 heterocycles. The standard InChI is InChI=1S/C22H19N3O4S2/c1-30(26,27)18-11-9-15(10-12-18)20-8-3-5-16-14-23-22(25-21(16)20)24-17-6-4-7-19(13-17)31(2,28)29/h3-14H,1-2H3,(H,23,24,25). The normalized spacial score (nSPS) is 12.1. The van der Waals surface area contributed by atoms with Crippen LogP contribution in [0.5, 0.6) is 0 Å². The van der Waals surface area contributed by atoms with E-state index >= 15 is 0 Å². The Bertz CT molecular complexity index is 1500. The maximum absolute atomic E-state index is 11.8. The molecule has 0 unspecified atom stereocenters. The van der Waals surface area contributed by atoms with Crippen LogP contribution >= 0.6 is 0 Å². The Morgan fingerprint density at radius 1 is 0.774 bits per heavy atom. The van der Waals surface area contributed by atoms with E-state index in [0.29, 0.717) is 17.2 Å². The van der Waals surface area contributed by atoms with Crippen molar-refractivity contribution in [3.05, 3.63) is 72.9 Å². The highest BCUT2D eigenvalue weighted by Gasteiger charge is 2.11. The van der Waals surface area contributed by atoms with Crippen molar-refractivity contribution in [1.82, 2.24) is 9.97 Å². The molecule has 0 fully saturated rings. The summed E-state index contributed by atoms with van der Waals surface area (Å²) >= 11 is 0. The summed E-state index contributed by atoms with van der Waals surface area (Å²) in [6, 6.07) is 18.7. The molecule has 158 valence electrons. The molecule has 0 saturated carbocycles. The second kappa shape index (κ2) is 7.75. The van der Waals surface area contributed by atoms with Gasteiger partial charge in [0.2, 0.25) is 5.95 Å². The van der Waals surface area contributed by atoms with Gasteiger partial charge in [0.05, 0.1) is 15.3 Å². The molecular weight excluding hydrogens is 434 g/mol. The minimum Gasteiger partial charge on any atom is -0.324 e. The van der Waals surface area contributed by atoms with Crippen molar-refractivity contribution in [2.75, 3.05) is 17.8 Å². The van der Waals surface area contributed by atoms with Gasteiger partial charge in [-0.2, -0.15) is 0 Å². The first kappa shape index (κ1) is 21.0. The van der Waals surface area contributed by atoms with Gasteiger partial charge in [-0.05, 0) is 35.9 Å². The van der Waals surface area contributed by atoms with Gasteiger partial charge in [0.25, 0.3) is 0 Å². The number of aromatic nitrogens is 2. The topological polar surface area (TPSA) is 106 Å². The zero-order chi connectivity index (χ0) is 22.2. The zero-order valence-electron chi connectivity index (χ0n) is 16.8. The van der Waals surface area contributed by atoms with Crippen LogP contribution < -0.4 is 5.32 Å². The summed E-state index contributed by atoms with van der Waals surface area (Å²) in [7, 11) is -6.61. The first-order valence-electron chi connectivity index (χ1n) is 9.25. The molecule has 31 heavy (non-hydrogen) atoms. The monoisotopic (exact) mass is 453 g/mol. The quantitative estimate of drug-likeness (QED) is 0.489. The summed E-state index contributed by atoms with van der Waals surface area (Å²) in [6.45, 7) is 0. The molecule has 1 aromatic heterocycles. The molecule has 7 nitrogen and oxygen atoms in total. The SMILES string of the molecule is CS(=O)(=O)c1ccc(-c2cccc3cnc(Nc4cccc(S(C)(=O)=O)c4)nc23)cc1. The number of benzene rings is 3. The van der Waals surface area contributed by atoms with Gasteiger partial charge in [0.15, 0.2) is 19.7 Å². The van der Waals surface area contributed by atoms with Crippen LogP contribution in [-0.4, -0.2) is 39.3 Å². The molecule has 0 saturated heterocycles. The number of hydrogen-bond acceptors (Lipinski definition) is 7. The van der Waals surface area contributed by atoms with E-state index in [4.69, 9.17) is 0 Å². The van der Waals surface area contributed by atoms with Crippen molar-refractivity contribution in [3.63, 3.8) is 0 Å². The Morgan fingerprint density at radius 3 is 2.13 bits per heavy atom. The zero-order valence-corrected chi connectivity index (χ0v) is 18.4. The van der Waals surface area contributed by atoms with Crippen LogP contribution in [-0.2, 0) is 19.7 Å². The molecular formula is C22H19N3O4S2. The van der Waals surface area contributed by atoms with Gasteiger partial charge in [-0.1, -0.05) is 36.4 Å². The molecule has 1 N–H and O–H groups in total. The highest BCUT2D eigenvalue weighted by molar-refractivity contribution is 7.91. The molecule has 0 aliphatic carbocycles. The lowest BCUT2D eigenvalue weighted by Gasteiger charge is -2.10. The molecule has 3 aromatic carbocycles. The second-order valence-electron chi connectivity index (χ2n) is 7.16. The van der Waals surface area contributed by atoms with Gasteiger partial charge in [-0.25, -0.2) is 26.8 Å². The summed E-state index contributed by atoms with van der Waals surface area (Å²) in [4.78, 5) is 9.39. The molecule has 0 radical (unpaired) electrons. The number of para-hydroxylation sites is 1. The van der Waals surface area contributed by atoms with Gasteiger partial charge in [-0.15, -0.1) is 0 Å². The summed E-state index contributed by atoms with van der Waals surface area (Å²) in [5, 5.41) is 3.87. The Hall–Kier alpha value is -3.30. The van der Waals surface area contributed by atoms with Crippen LogP contribution in [0.15, 0.2) is 82.7 Å². The average Bonchev–Trinajstić information content (AvgIpc) is 2.72. The van der Waals surface area contributed by atoms with E-state index < -0.39 is 19.7 Å². The molecule has 4 rings (SSSR count). The third kappa shape index (κ3) is 4.57. The number of nitrogens with one attached hydrogen (secondary N) is 1. The highest BCUT2D eigenvalue weighted by atomic mass is 32.2. The van der Waals surface area contributed by atoms with Gasteiger partial charge >= 0.3 is 0 Å². The van der Waals surface area contributed by atoms with Crippen LogP contribution in [0.25, 0.3) is 22.0 Å². The summed E-state index contributed by atoms with van der Waals surface area (Å²) in [5.74, 6) is 0.318. The second-order valence-corrected chi connectivity index (χ2v) is 11.2. The Morgan fingerprint density at radius 2 is 1.45 bits per heavy atom. The number of fused-ring (bicyclic) bond motifs is 1. The number of rotatable bonds is 5. The van der Waals surface area contributed by atoms with E-state index in [0.717, 1.165) is 22.8 Å². The molecule has 4 aromatic rings. The highest BCUT2D eigenvalue weighted by Crippen LogP contribution is 2.29. The number of sulfone groups is 2. The molecule has 0 amide bonds. The molecule has 9 heteroatoms. The van der Waals surface area contributed by atoms with Crippen molar-refractivity contribution in [2.45, 2.75) is 9.79 Å². The molecule has 0 spiro atoms. The number of anilines is 2. The average molecular weight is 454 g/mol. The van der Waals surface area contributed by atoms with E-state index in [9.17, 15) is 16.8 Å². The predicted octanol–water partition coefficient (Wildman–Crippen LogP) is 3.85. The summed E-state index contributed by atoms with van der Waals surface area (Å²) in [6.07, 6.45) is 4.00. The van der Waals surface area contributed by atoms with Crippen LogP contribution in [0, 0.1) is 0 Å². The minimum absolute atomic E-state index is 0.199. The summed E-state index contributed by atoms with van der Waals surface area (Å²) < 4.78 is 47.1. The van der Waals surface area contributed by atoms with Crippen LogP contribution in [0.3, 0.4) is 0 Å². The van der Waals surface area contributed by atoms with Crippen molar-refractivity contribution in [3.8, 4) is 11.1 Å². The fourth-order valence-corrected chi connectivity index (χ4v) is 4.46. The Kier molecular flexibility index (Phi) is 5.24. The van der Waals surface area contributed by atoms with Crippen LogP contribution in [0.2, 0.25) is 0 Å². The van der Waals surface area contributed by atoms with Crippen molar-refractivity contribution >= 4 is 42.2 Å². The fraction of sp³-hybridized carbons (Fsp3) is 0.0909. The fourth-order valence-electron chi connectivity index (χ4n) is 3.16. The predicted molar refractivity (Wildman–Crippen MR) is 121 cm³/mol. The first-order chi connectivity index (χ1) is 14.6. The molecule has 0 aliphatic heterocycles. The molecule has 0 bridgehead atoms. The minimum atomic E-state index is -3.33. The Balaban J connectivity index is 1.74. The van der Waals surface area contributed by atoms with E-state index in [1.807, 2.05) is 18.2 Å². The van der Waals surface area contributed by atoms with Crippen molar-refractivity contribution < 1.29 is 16.8 Å². The smallest absolute Gasteiger partial charge is 0.227 e. The lowest BCUT2D eigenvalue weighted by Crippen LogP contribution is -2.01. The maximum atomic E-state index is 11.8. The van der Waals surface area contributed by atoms with E-state index in [-0.39, 0.29) is 9.79 Å². The van der Waals surface area contributed by atoms with E-state index in [2.05, 4.69) is 15.3 Å². The Labute approximate surface area is 180 Å². The van der Waals surface area contributed by atoms with E-state index in [1.54, 1.807) is 42.6 Å². The molecule has 0 atom stereocenters. The van der Waals surface area contributed by atoms with Crippen molar-refractivity contribution in [2.24, 2.45) is 0 Å². The van der Waals surface area contributed by atoms with Crippen LogP contribution in [0.4, 0.5) is 11.6 Å². The third-order valence-corrected chi connectivity index (χ3v) is 6.96. The van der Waals surface area contributed by atoms with Gasteiger partial charge in [0, 0.05) is 35.3 Å². The third-order valence-electron chi connectivity index (χ3n) is 4.72. The lowest BCUT2D eigenvalue weighted by molar-refractivity contribution is 0.600. The lowest BCUT2D eigenvalue weighted by atomic mass is 10.0. The van der Waals surface area contributed by atoms with Gasteiger partial charge in [-0.3, -0.25) is 0 Å². The van der Waals surface area contributed by atoms with Crippen LogP contribution in [0.1, 0.15) is 0 Å². The molecule has 0 aliphatic rings.